The highest BCUT2D eigenvalue weighted by molar-refractivity contribution is 7.89. The fraction of sp³-hybridized carbons (Fsp3) is 0.387. The van der Waals surface area contributed by atoms with Gasteiger partial charge in [-0.05, 0) is 66.6 Å². The first-order valence-corrected chi connectivity index (χ1v) is 15.9. The third-order valence-electron chi connectivity index (χ3n) is 8.70. The second kappa shape index (κ2) is 11.5. The molecule has 6 rings (SSSR count). The molecule has 2 bridgehead atoms. The predicted molar refractivity (Wildman–Crippen MR) is 155 cm³/mol. The Morgan fingerprint density at radius 3 is 2.27 bits per heavy atom. The van der Waals surface area contributed by atoms with Crippen LogP contribution in [0.25, 0.3) is 11.1 Å². The molecule has 44 heavy (non-hydrogen) atoms. The van der Waals surface area contributed by atoms with E-state index in [2.05, 4.69) is 4.72 Å². The van der Waals surface area contributed by atoms with Crippen LogP contribution in [0, 0.1) is 5.92 Å². The van der Waals surface area contributed by atoms with E-state index in [1.54, 1.807) is 21.6 Å². The zero-order valence-electron chi connectivity index (χ0n) is 23.7. The zero-order chi connectivity index (χ0) is 31.2. The van der Waals surface area contributed by atoms with Gasteiger partial charge in [-0.2, -0.15) is 17.9 Å². The standard InChI is InChI=1S/C31H31F3N4O5S/c32-31(33,34)24-10-6-21(7-11-24)22-8-12-25(13-9-22)44(42,43)35-26-3-2-14-36(30(26)41)19-29(40)37-16-20-15-23(18-37)27-4-1-5-28(39)38(27)17-20/h1,4-13,20,23,26,35H,2-3,14-19H2/t20-,23?,26-/m0/s1. The summed E-state index contributed by atoms with van der Waals surface area (Å²) in [5.41, 5.74) is 1.13. The number of benzene rings is 2. The van der Waals surface area contributed by atoms with Crippen molar-refractivity contribution in [2.75, 3.05) is 26.2 Å². The highest BCUT2D eigenvalue weighted by Gasteiger charge is 2.38. The fourth-order valence-electron chi connectivity index (χ4n) is 6.50. The highest BCUT2D eigenvalue weighted by atomic mass is 32.2. The fourth-order valence-corrected chi connectivity index (χ4v) is 7.73. The summed E-state index contributed by atoms with van der Waals surface area (Å²) in [5.74, 6) is -0.485. The Labute approximate surface area is 252 Å². The smallest absolute Gasteiger partial charge is 0.340 e. The lowest BCUT2D eigenvalue weighted by Gasteiger charge is -2.43. The number of nitrogens with zero attached hydrogens (tertiary/aromatic N) is 3. The van der Waals surface area contributed by atoms with E-state index >= 15 is 0 Å². The molecule has 1 aromatic heterocycles. The predicted octanol–water partition coefficient (Wildman–Crippen LogP) is 3.45. The van der Waals surface area contributed by atoms with Gasteiger partial charge in [0.2, 0.25) is 21.8 Å². The average molecular weight is 629 g/mol. The van der Waals surface area contributed by atoms with E-state index in [4.69, 9.17) is 0 Å². The normalized spacial score (nSPS) is 22.1. The van der Waals surface area contributed by atoms with Crippen LogP contribution >= 0.6 is 0 Å². The van der Waals surface area contributed by atoms with E-state index in [9.17, 15) is 36.0 Å². The molecule has 0 spiro atoms. The van der Waals surface area contributed by atoms with Crippen LogP contribution in [0.4, 0.5) is 13.2 Å². The number of pyridine rings is 1. The molecule has 0 saturated carbocycles. The number of sulfonamides is 1. The average Bonchev–Trinajstić information content (AvgIpc) is 2.99. The Morgan fingerprint density at radius 2 is 1.59 bits per heavy atom. The van der Waals surface area contributed by atoms with Crippen molar-refractivity contribution in [1.82, 2.24) is 19.1 Å². The van der Waals surface area contributed by atoms with Crippen molar-refractivity contribution in [1.29, 1.82) is 0 Å². The number of piperidine rings is 2. The van der Waals surface area contributed by atoms with Gasteiger partial charge in [0.15, 0.2) is 0 Å². The molecular weight excluding hydrogens is 597 g/mol. The van der Waals surface area contributed by atoms with Crippen LogP contribution in [0.1, 0.15) is 36.4 Å². The molecule has 2 saturated heterocycles. The molecule has 0 aliphatic carbocycles. The molecule has 3 aliphatic rings. The number of fused-ring (bicyclic) bond motifs is 4. The third kappa shape index (κ3) is 6.03. The molecule has 1 N–H and O–H groups in total. The Hall–Kier alpha value is -3.97. The number of aromatic nitrogens is 1. The van der Waals surface area contributed by atoms with Gasteiger partial charge >= 0.3 is 6.18 Å². The number of hydrogen-bond donors (Lipinski definition) is 1. The molecule has 2 aromatic carbocycles. The Balaban J connectivity index is 1.08. The molecule has 9 nitrogen and oxygen atoms in total. The summed E-state index contributed by atoms with van der Waals surface area (Å²) in [6, 6.07) is 14.4. The van der Waals surface area contributed by atoms with Crippen LogP contribution in [-0.2, 0) is 32.3 Å². The summed E-state index contributed by atoms with van der Waals surface area (Å²) in [7, 11) is -4.10. The maximum absolute atomic E-state index is 13.3. The van der Waals surface area contributed by atoms with E-state index in [1.807, 2.05) is 6.07 Å². The zero-order valence-corrected chi connectivity index (χ0v) is 24.5. The first kappa shape index (κ1) is 30.1. The number of alkyl halides is 3. The van der Waals surface area contributed by atoms with Crippen LogP contribution in [0.5, 0.6) is 0 Å². The molecule has 232 valence electrons. The van der Waals surface area contributed by atoms with Crippen LogP contribution in [0.2, 0.25) is 0 Å². The first-order chi connectivity index (χ1) is 20.9. The number of nitrogens with one attached hydrogen (secondary N) is 1. The highest BCUT2D eigenvalue weighted by Crippen LogP contribution is 2.35. The van der Waals surface area contributed by atoms with Gasteiger partial charge in [-0.15, -0.1) is 0 Å². The number of likely N-dealkylation sites (tertiary alicyclic amines) is 2. The van der Waals surface area contributed by atoms with E-state index in [0.717, 1.165) is 24.2 Å². The van der Waals surface area contributed by atoms with E-state index in [1.165, 1.54) is 41.3 Å². The van der Waals surface area contributed by atoms with E-state index in [-0.39, 0.29) is 41.2 Å². The number of halogens is 3. The van der Waals surface area contributed by atoms with Crippen LogP contribution < -0.4 is 10.3 Å². The second-order valence-electron chi connectivity index (χ2n) is 11.7. The van der Waals surface area contributed by atoms with E-state index in [0.29, 0.717) is 43.7 Å². The molecule has 0 radical (unpaired) electrons. The molecule has 13 heteroatoms. The molecular formula is C31H31F3N4O5S. The molecule has 2 amide bonds. The van der Waals surface area contributed by atoms with Crippen molar-refractivity contribution < 1.29 is 31.2 Å². The van der Waals surface area contributed by atoms with Crippen LogP contribution in [0.3, 0.4) is 0 Å². The minimum Gasteiger partial charge on any atom is -0.340 e. The third-order valence-corrected chi connectivity index (χ3v) is 10.2. The van der Waals surface area contributed by atoms with Crippen molar-refractivity contribution in [3.8, 4) is 11.1 Å². The first-order valence-electron chi connectivity index (χ1n) is 14.5. The topological polar surface area (TPSA) is 109 Å². The summed E-state index contributed by atoms with van der Waals surface area (Å²) < 4.78 is 69.2. The summed E-state index contributed by atoms with van der Waals surface area (Å²) in [5, 5.41) is 0. The molecule has 1 unspecified atom stereocenters. The summed E-state index contributed by atoms with van der Waals surface area (Å²) >= 11 is 0. The second-order valence-corrected chi connectivity index (χ2v) is 13.4. The van der Waals surface area contributed by atoms with Gasteiger partial charge in [0, 0.05) is 43.9 Å². The van der Waals surface area contributed by atoms with Crippen LogP contribution in [0.15, 0.2) is 76.4 Å². The van der Waals surface area contributed by atoms with Gasteiger partial charge in [0.05, 0.1) is 17.0 Å². The Kier molecular flexibility index (Phi) is 7.87. The monoisotopic (exact) mass is 628 g/mol. The van der Waals surface area contributed by atoms with Crippen molar-refractivity contribution >= 4 is 21.8 Å². The molecule has 2 fully saturated rings. The number of rotatable bonds is 6. The summed E-state index contributed by atoms with van der Waals surface area (Å²) in [4.78, 5) is 42.0. The molecule has 3 atom stereocenters. The minimum absolute atomic E-state index is 0.0422. The number of carbonyl (C=O) groups is 2. The lowest BCUT2D eigenvalue weighted by Crippen LogP contribution is -2.56. The molecule has 3 aromatic rings. The van der Waals surface area contributed by atoms with Gasteiger partial charge in [-0.1, -0.05) is 30.3 Å². The minimum atomic E-state index is -4.45. The maximum Gasteiger partial charge on any atom is 0.416 e. The maximum atomic E-state index is 13.3. The SMILES string of the molecule is O=C(CN1CCC[C@H](NS(=O)(=O)c2ccc(-c3ccc(C(F)(F)F)cc3)cc2)C1=O)N1CC2C[C@@H](C1)Cn1c2cccc1=O. The molecule has 3 aliphatic heterocycles. The van der Waals surface area contributed by atoms with Gasteiger partial charge < -0.3 is 14.4 Å². The van der Waals surface area contributed by atoms with Gasteiger partial charge in [0.1, 0.15) is 6.04 Å². The van der Waals surface area contributed by atoms with Crippen molar-refractivity contribution in [2.24, 2.45) is 5.92 Å². The van der Waals surface area contributed by atoms with Gasteiger partial charge in [-0.25, -0.2) is 8.42 Å². The Morgan fingerprint density at radius 1 is 0.909 bits per heavy atom. The van der Waals surface area contributed by atoms with Crippen molar-refractivity contribution in [3.05, 3.63) is 88.3 Å². The lowest BCUT2D eigenvalue weighted by atomic mass is 9.83. The number of amides is 2. The van der Waals surface area contributed by atoms with E-state index < -0.39 is 33.7 Å². The van der Waals surface area contributed by atoms with Crippen molar-refractivity contribution in [2.45, 2.75) is 48.8 Å². The Bertz CT molecular complexity index is 1740. The summed E-state index contributed by atoms with van der Waals surface area (Å²) in [6.45, 7) is 1.69. The van der Waals surface area contributed by atoms with Gasteiger partial charge in [0.25, 0.3) is 5.56 Å². The quantitative estimate of drug-likeness (QED) is 0.450. The lowest BCUT2D eigenvalue weighted by molar-refractivity contribution is -0.144. The molecule has 4 heterocycles. The number of hydrogen-bond acceptors (Lipinski definition) is 5. The number of carbonyl (C=O) groups excluding carboxylic acids is 2. The van der Waals surface area contributed by atoms with Crippen LogP contribution in [-0.4, -0.2) is 66.8 Å². The largest absolute Gasteiger partial charge is 0.416 e. The summed E-state index contributed by atoms with van der Waals surface area (Å²) in [6.07, 6.45) is -2.76. The van der Waals surface area contributed by atoms with Gasteiger partial charge in [-0.3, -0.25) is 14.4 Å². The van der Waals surface area contributed by atoms with Crippen molar-refractivity contribution in [3.63, 3.8) is 0 Å².